The van der Waals surface area contributed by atoms with E-state index in [1.165, 1.54) is 25.7 Å². The van der Waals surface area contributed by atoms with Crippen LogP contribution in [0.3, 0.4) is 0 Å². The van der Waals surface area contributed by atoms with Crippen molar-refractivity contribution in [1.82, 2.24) is 14.8 Å². The number of rotatable bonds is 6. The summed E-state index contributed by atoms with van der Waals surface area (Å²) in [6, 6.07) is 4.50. The van der Waals surface area contributed by atoms with E-state index in [2.05, 4.69) is 27.9 Å². The molecule has 142 valence electrons. The summed E-state index contributed by atoms with van der Waals surface area (Å²) >= 11 is 0. The quantitative estimate of drug-likeness (QED) is 0.785. The SMILES string of the molecule is CN1[C@H](COCc2cccnc2)CCC12CCN(C(=O)CC1CC1)CC2. The molecule has 2 aliphatic heterocycles. The molecule has 26 heavy (non-hydrogen) atoms. The molecule has 3 fully saturated rings. The highest BCUT2D eigenvalue weighted by molar-refractivity contribution is 5.76. The van der Waals surface area contributed by atoms with E-state index >= 15 is 0 Å². The lowest BCUT2D eigenvalue weighted by Gasteiger charge is -2.45. The molecule has 1 saturated carbocycles. The molecule has 2 saturated heterocycles. The van der Waals surface area contributed by atoms with Crippen molar-refractivity contribution >= 4 is 5.91 Å². The second-order valence-electron chi connectivity index (χ2n) is 8.43. The summed E-state index contributed by atoms with van der Waals surface area (Å²) in [4.78, 5) is 21.2. The Morgan fingerprint density at radius 2 is 2.08 bits per heavy atom. The molecule has 1 spiro atoms. The van der Waals surface area contributed by atoms with Gasteiger partial charge in [0.2, 0.25) is 5.91 Å². The Labute approximate surface area is 156 Å². The van der Waals surface area contributed by atoms with Gasteiger partial charge in [0.25, 0.3) is 0 Å². The first-order valence-corrected chi connectivity index (χ1v) is 10.1. The van der Waals surface area contributed by atoms with Crippen molar-refractivity contribution in [2.24, 2.45) is 5.92 Å². The van der Waals surface area contributed by atoms with Gasteiger partial charge in [-0.3, -0.25) is 14.7 Å². The van der Waals surface area contributed by atoms with Gasteiger partial charge in [0, 0.05) is 43.5 Å². The van der Waals surface area contributed by atoms with Crippen LogP contribution in [0.15, 0.2) is 24.5 Å². The van der Waals surface area contributed by atoms with Gasteiger partial charge in [-0.2, -0.15) is 0 Å². The predicted octanol–water partition coefficient (Wildman–Crippen LogP) is 2.85. The van der Waals surface area contributed by atoms with Crippen molar-refractivity contribution < 1.29 is 9.53 Å². The second kappa shape index (κ2) is 7.65. The molecule has 0 aromatic carbocycles. The molecule has 1 atom stereocenters. The normalized spacial score (nSPS) is 25.7. The molecule has 5 heteroatoms. The highest BCUT2D eigenvalue weighted by Crippen LogP contribution is 2.41. The summed E-state index contributed by atoms with van der Waals surface area (Å²) in [5.41, 5.74) is 1.41. The van der Waals surface area contributed by atoms with Crippen LogP contribution < -0.4 is 0 Å². The molecular weight excluding hydrogens is 326 g/mol. The summed E-state index contributed by atoms with van der Waals surface area (Å²) in [6.45, 7) is 3.27. The van der Waals surface area contributed by atoms with Crippen molar-refractivity contribution in [1.29, 1.82) is 0 Å². The number of likely N-dealkylation sites (N-methyl/N-ethyl adjacent to an activating group) is 1. The fraction of sp³-hybridized carbons (Fsp3) is 0.714. The minimum absolute atomic E-state index is 0.276. The molecule has 0 bridgehead atoms. The van der Waals surface area contributed by atoms with Crippen LogP contribution in [0.4, 0.5) is 0 Å². The number of piperidine rings is 1. The number of carbonyl (C=O) groups excluding carboxylic acids is 1. The van der Waals surface area contributed by atoms with Crippen LogP contribution in [-0.4, -0.2) is 59.0 Å². The number of likely N-dealkylation sites (tertiary alicyclic amines) is 2. The van der Waals surface area contributed by atoms with Crippen molar-refractivity contribution in [2.75, 3.05) is 26.7 Å². The number of aromatic nitrogens is 1. The van der Waals surface area contributed by atoms with Crippen molar-refractivity contribution in [3.05, 3.63) is 30.1 Å². The van der Waals surface area contributed by atoms with Gasteiger partial charge in [0.05, 0.1) is 13.2 Å². The minimum Gasteiger partial charge on any atom is -0.375 e. The first kappa shape index (κ1) is 17.9. The summed E-state index contributed by atoms with van der Waals surface area (Å²) in [7, 11) is 2.26. The topological polar surface area (TPSA) is 45.7 Å². The monoisotopic (exact) mass is 357 g/mol. The van der Waals surface area contributed by atoms with Gasteiger partial charge in [0.15, 0.2) is 0 Å². The van der Waals surface area contributed by atoms with Gasteiger partial charge < -0.3 is 9.64 Å². The van der Waals surface area contributed by atoms with Gasteiger partial charge in [-0.05, 0) is 63.1 Å². The fourth-order valence-corrected chi connectivity index (χ4v) is 4.66. The Bertz CT molecular complexity index is 609. The molecule has 1 aliphatic carbocycles. The van der Waals surface area contributed by atoms with E-state index in [1.54, 1.807) is 6.20 Å². The Hall–Kier alpha value is -1.46. The third-order valence-electron chi connectivity index (χ3n) is 6.75. The molecule has 1 aromatic heterocycles. The number of ether oxygens (including phenoxy) is 1. The van der Waals surface area contributed by atoms with E-state index < -0.39 is 0 Å². The maximum Gasteiger partial charge on any atom is 0.222 e. The molecule has 0 unspecified atom stereocenters. The highest BCUT2D eigenvalue weighted by atomic mass is 16.5. The van der Waals surface area contributed by atoms with Crippen LogP contribution in [0, 0.1) is 5.92 Å². The summed E-state index contributed by atoms with van der Waals surface area (Å²) < 4.78 is 5.97. The molecule has 0 N–H and O–H groups in total. The van der Waals surface area contributed by atoms with Crippen molar-refractivity contribution in [3.63, 3.8) is 0 Å². The molecule has 0 radical (unpaired) electrons. The summed E-state index contributed by atoms with van der Waals surface area (Å²) in [6.07, 6.45) is 11.6. The van der Waals surface area contributed by atoms with Crippen LogP contribution in [0.2, 0.25) is 0 Å². The van der Waals surface area contributed by atoms with Gasteiger partial charge in [-0.25, -0.2) is 0 Å². The molecule has 4 rings (SSSR count). The summed E-state index contributed by atoms with van der Waals surface area (Å²) in [5, 5.41) is 0. The summed E-state index contributed by atoms with van der Waals surface area (Å²) in [5.74, 6) is 1.08. The van der Waals surface area contributed by atoms with E-state index in [0.717, 1.165) is 44.5 Å². The number of carbonyl (C=O) groups is 1. The third-order valence-corrected chi connectivity index (χ3v) is 6.75. The average molecular weight is 357 g/mol. The maximum atomic E-state index is 12.4. The van der Waals surface area contributed by atoms with E-state index in [0.29, 0.717) is 24.5 Å². The smallest absolute Gasteiger partial charge is 0.222 e. The van der Waals surface area contributed by atoms with Gasteiger partial charge in [0.1, 0.15) is 0 Å². The average Bonchev–Trinajstić information content (AvgIpc) is 3.44. The zero-order valence-electron chi connectivity index (χ0n) is 15.9. The lowest BCUT2D eigenvalue weighted by molar-refractivity contribution is -0.134. The number of amides is 1. The van der Waals surface area contributed by atoms with E-state index in [-0.39, 0.29) is 5.54 Å². The minimum atomic E-state index is 0.276. The Morgan fingerprint density at radius 3 is 2.77 bits per heavy atom. The molecule has 1 aromatic rings. The number of hydrogen-bond acceptors (Lipinski definition) is 4. The third kappa shape index (κ3) is 3.94. The number of nitrogens with zero attached hydrogens (tertiary/aromatic N) is 3. The van der Waals surface area contributed by atoms with Gasteiger partial charge >= 0.3 is 0 Å². The van der Waals surface area contributed by atoms with Crippen LogP contribution in [0.25, 0.3) is 0 Å². The van der Waals surface area contributed by atoms with E-state index in [4.69, 9.17) is 4.74 Å². The predicted molar refractivity (Wildman–Crippen MR) is 101 cm³/mol. The zero-order chi connectivity index (χ0) is 18.0. The van der Waals surface area contributed by atoms with Gasteiger partial charge in [-0.1, -0.05) is 6.07 Å². The van der Waals surface area contributed by atoms with Gasteiger partial charge in [-0.15, -0.1) is 0 Å². The Balaban J connectivity index is 1.24. The molecule has 3 aliphatic rings. The molecule has 1 amide bonds. The van der Waals surface area contributed by atoms with E-state index in [9.17, 15) is 4.79 Å². The second-order valence-corrected chi connectivity index (χ2v) is 8.43. The van der Waals surface area contributed by atoms with Crippen LogP contribution in [0.5, 0.6) is 0 Å². The Kier molecular flexibility index (Phi) is 5.28. The molecule has 5 nitrogen and oxygen atoms in total. The number of hydrogen-bond donors (Lipinski definition) is 0. The van der Waals surface area contributed by atoms with Crippen molar-refractivity contribution in [3.8, 4) is 0 Å². The largest absolute Gasteiger partial charge is 0.375 e. The van der Waals surface area contributed by atoms with Crippen LogP contribution >= 0.6 is 0 Å². The Morgan fingerprint density at radius 1 is 1.27 bits per heavy atom. The van der Waals surface area contributed by atoms with E-state index in [1.807, 2.05) is 12.3 Å². The standard InChI is InChI=1S/C21H31N3O2/c1-23-19(16-26-15-18-3-2-10-22-14-18)6-7-21(23)8-11-24(12-9-21)20(25)13-17-4-5-17/h2-3,10,14,17,19H,4-9,11-13,15-16H2,1H3/t19-/m0/s1. The first-order valence-electron chi connectivity index (χ1n) is 10.1. The number of pyridine rings is 1. The lowest BCUT2D eigenvalue weighted by Crippen LogP contribution is -2.54. The zero-order valence-corrected chi connectivity index (χ0v) is 15.9. The van der Waals surface area contributed by atoms with Crippen LogP contribution in [-0.2, 0) is 16.1 Å². The van der Waals surface area contributed by atoms with Crippen molar-refractivity contribution in [2.45, 2.75) is 63.1 Å². The maximum absolute atomic E-state index is 12.4. The fourth-order valence-electron chi connectivity index (χ4n) is 4.66. The lowest BCUT2D eigenvalue weighted by atomic mass is 9.85. The van der Waals surface area contributed by atoms with Crippen LogP contribution in [0.1, 0.15) is 50.5 Å². The molecule has 3 heterocycles. The molecular formula is C21H31N3O2. The highest BCUT2D eigenvalue weighted by Gasteiger charge is 2.46. The first-order chi connectivity index (χ1) is 12.7.